The second-order valence-corrected chi connectivity index (χ2v) is 8.25. The van der Waals surface area contributed by atoms with Crippen LogP contribution in [-0.2, 0) is 9.53 Å². The predicted octanol–water partition coefficient (Wildman–Crippen LogP) is 3.23. The molecule has 0 aliphatic carbocycles. The van der Waals surface area contributed by atoms with Crippen LogP contribution in [0.25, 0.3) is 10.8 Å². The number of pyridine rings is 1. The highest BCUT2D eigenvalue weighted by molar-refractivity contribution is 5.93. The molecule has 3 aliphatic rings. The molecule has 0 N–H and O–H groups in total. The summed E-state index contributed by atoms with van der Waals surface area (Å²) in [5, 5.41) is 2.40. The number of likely N-dealkylation sites (tertiary alicyclic amines) is 1. The van der Waals surface area contributed by atoms with Crippen molar-refractivity contribution in [2.75, 3.05) is 37.7 Å². The van der Waals surface area contributed by atoms with E-state index in [0.717, 1.165) is 70.8 Å². The third kappa shape index (κ3) is 2.89. The molecule has 142 valence electrons. The number of rotatable bonds is 2. The van der Waals surface area contributed by atoms with Crippen LogP contribution in [0, 0.1) is 5.41 Å². The molecule has 1 amide bonds. The van der Waals surface area contributed by atoms with Gasteiger partial charge in [-0.25, -0.2) is 4.98 Å². The Labute approximate surface area is 160 Å². The van der Waals surface area contributed by atoms with Gasteiger partial charge < -0.3 is 14.5 Å². The van der Waals surface area contributed by atoms with E-state index >= 15 is 0 Å². The summed E-state index contributed by atoms with van der Waals surface area (Å²) in [6, 6.07) is 10.8. The van der Waals surface area contributed by atoms with Crippen LogP contribution in [0.4, 0.5) is 5.82 Å². The number of fused-ring (bicyclic) bond motifs is 1. The molecule has 4 heterocycles. The van der Waals surface area contributed by atoms with Crippen molar-refractivity contribution in [3.8, 4) is 0 Å². The molecule has 0 unspecified atom stereocenters. The molecule has 1 aromatic carbocycles. The first-order valence-electron chi connectivity index (χ1n) is 10.2. The van der Waals surface area contributed by atoms with E-state index < -0.39 is 0 Å². The smallest absolute Gasteiger partial charge is 0.230 e. The van der Waals surface area contributed by atoms with Crippen LogP contribution < -0.4 is 4.90 Å². The molecule has 27 heavy (non-hydrogen) atoms. The normalized spacial score (nSPS) is 27.0. The summed E-state index contributed by atoms with van der Waals surface area (Å²) >= 11 is 0. The van der Waals surface area contributed by atoms with E-state index in [9.17, 15) is 4.79 Å². The summed E-state index contributed by atoms with van der Waals surface area (Å²) in [7, 11) is 0. The minimum atomic E-state index is -0.227. The minimum Gasteiger partial charge on any atom is -0.381 e. The molecule has 3 fully saturated rings. The maximum atomic E-state index is 13.5. The third-order valence-electron chi connectivity index (χ3n) is 6.71. The molecule has 0 radical (unpaired) electrons. The number of hydrogen-bond acceptors (Lipinski definition) is 4. The van der Waals surface area contributed by atoms with Crippen LogP contribution in [0.15, 0.2) is 36.5 Å². The monoisotopic (exact) mass is 365 g/mol. The minimum absolute atomic E-state index is 0.227. The molecule has 0 saturated carbocycles. The van der Waals surface area contributed by atoms with Crippen LogP contribution in [-0.4, -0.2) is 54.7 Å². The summed E-state index contributed by atoms with van der Waals surface area (Å²) in [5.74, 6) is 1.41. The molecule has 1 aromatic heterocycles. The second-order valence-electron chi connectivity index (χ2n) is 8.25. The largest absolute Gasteiger partial charge is 0.381 e. The molecule has 5 heteroatoms. The Hall–Kier alpha value is -2.14. The molecule has 1 atom stereocenters. The van der Waals surface area contributed by atoms with Gasteiger partial charge in [0.1, 0.15) is 5.82 Å². The van der Waals surface area contributed by atoms with E-state index in [-0.39, 0.29) is 5.41 Å². The number of carbonyl (C=O) groups is 1. The van der Waals surface area contributed by atoms with Gasteiger partial charge in [-0.15, -0.1) is 0 Å². The molecule has 0 bridgehead atoms. The van der Waals surface area contributed by atoms with Gasteiger partial charge in [0.25, 0.3) is 0 Å². The summed E-state index contributed by atoms with van der Waals surface area (Å²) in [4.78, 5) is 22.7. The quantitative estimate of drug-likeness (QED) is 0.820. The fourth-order valence-corrected chi connectivity index (χ4v) is 5.24. The van der Waals surface area contributed by atoms with Crippen molar-refractivity contribution in [2.24, 2.45) is 5.41 Å². The number of piperidine rings is 1. The highest BCUT2D eigenvalue weighted by Gasteiger charge is 2.50. The van der Waals surface area contributed by atoms with Crippen molar-refractivity contribution < 1.29 is 9.53 Å². The van der Waals surface area contributed by atoms with E-state index in [0.29, 0.717) is 11.9 Å². The second kappa shape index (κ2) is 6.79. The molecule has 5 rings (SSSR count). The highest BCUT2D eigenvalue weighted by atomic mass is 16.5. The maximum absolute atomic E-state index is 13.5. The lowest BCUT2D eigenvalue weighted by molar-refractivity contribution is -0.139. The lowest BCUT2D eigenvalue weighted by Gasteiger charge is -2.41. The first kappa shape index (κ1) is 17.0. The SMILES string of the molecule is O=C1N(C2CCOCC2)CC[C@]12CCCN(c1nccc3ccccc13)C2. The Morgan fingerprint density at radius 3 is 2.81 bits per heavy atom. The fourth-order valence-electron chi connectivity index (χ4n) is 5.24. The summed E-state index contributed by atoms with van der Waals surface area (Å²) in [5.41, 5.74) is -0.227. The Kier molecular flexibility index (Phi) is 4.27. The lowest BCUT2D eigenvalue weighted by Crippen LogP contribution is -2.50. The summed E-state index contributed by atoms with van der Waals surface area (Å²) < 4.78 is 5.49. The number of ether oxygens (including phenoxy) is 1. The number of hydrogen-bond donors (Lipinski definition) is 0. The van der Waals surface area contributed by atoms with Crippen molar-refractivity contribution in [3.63, 3.8) is 0 Å². The average molecular weight is 365 g/mol. The molecule has 3 saturated heterocycles. The molecule has 1 spiro atoms. The number of carbonyl (C=O) groups excluding carboxylic acids is 1. The van der Waals surface area contributed by atoms with Crippen molar-refractivity contribution in [1.82, 2.24) is 9.88 Å². The first-order valence-corrected chi connectivity index (χ1v) is 10.2. The van der Waals surface area contributed by atoms with Gasteiger partial charge in [0.05, 0.1) is 5.41 Å². The van der Waals surface area contributed by atoms with Crippen molar-refractivity contribution in [2.45, 2.75) is 38.1 Å². The van der Waals surface area contributed by atoms with E-state index in [1.807, 2.05) is 6.20 Å². The van der Waals surface area contributed by atoms with Gasteiger partial charge in [-0.3, -0.25) is 4.79 Å². The predicted molar refractivity (Wildman–Crippen MR) is 106 cm³/mol. The molecular weight excluding hydrogens is 338 g/mol. The zero-order valence-electron chi connectivity index (χ0n) is 15.8. The molecule has 5 nitrogen and oxygen atoms in total. The van der Waals surface area contributed by atoms with Gasteiger partial charge in [0.2, 0.25) is 5.91 Å². The Balaban J connectivity index is 1.41. The van der Waals surface area contributed by atoms with E-state index in [2.05, 4.69) is 40.1 Å². The molecular formula is C22H27N3O2. The Morgan fingerprint density at radius 1 is 1.07 bits per heavy atom. The van der Waals surface area contributed by atoms with E-state index in [4.69, 9.17) is 9.72 Å². The number of nitrogens with zero attached hydrogens (tertiary/aromatic N) is 3. The highest BCUT2D eigenvalue weighted by Crippen LogP contribution is 2.43. The number of benzene rings is 1. The summed E-state index contributed by atoms with van der Waals surface area (Å²) in [6.45, 7) is 4.25. The van der Waals surface area contributed by atoms with Crippen LogP contribution in [0.2, 0.25) is 0 Å². The van der Waals surface area contributed by atoms with Crippen molar-refractivity contribution in [3.05, 3.63) is 36.5 Å². The van der Waals surface area contributed by atoms with Gasteiger partial charge in [-0.2, -0.15) is 0 Å². The Morgan fingerprint density at radius 2 is 1.93 bits per heavy atom. The number of amides is 1. The van der Waals surface area contributed by atoms with Crippen LogP contribution in [0.1, 0.15) is 32.1 Å². The molecule has 2 aromatic rings. The third-order valence-corrected chi connectivity index (χ3v) is 6.71. The topological polar surface area (TPSA) is 45.7 Å². The Bertz CT molecular complexity index is 843. The van der Waals surface area contributed by atoms with E-state index in [1.54, 1.807) is 0 Å². The van der Waals surface area contributed by atoms with Crippen molar-refractivity contribution in [1.29, 1.82) is 0 Å². The van der Waals surface area contributed by atoms with Gasteiger partial charge in [-0.05, 0) is 43.6 Å². The standard InChI is InChI=1S/C22H27N3O2/c26-21-22(10-13-25(21)18-7-14-27-15-8-18)9-3-12-24(16-22)20-19-5-2-1-4-17(19)6-11-23-20/h1-2,4-6,11,18H,3,7-10,12-16H2/t22-/m0/s1. The maximum Gasteiger partial charge on any atom is 0.230 e. The van der Waals surface area contributed by atoms with Gasteiger partial charge in [0, 0.05) is 50.5 Å². The fraction of sp³-hybridized carbons (Fsp3) is 0.545. The summed E-state index contributed by atoms with van der Waals surface area (Å²) in [6.07, 6.45) is 6.89. The van der Waals surface area contributed by atoms with Gasteiger partial charge >= 0.3 is 0 Å². The van der Waals surface area contributed by atoms with E-state index in [1.165, 1.54) is 10.8 Å². The van der Waals surface area contributed by atoms with Crippen LogP contribution >= 0.6 is 0 Å². The number of aromatic nitrogens is 1. The van der Waals surface area contributed by atoms with Crippen molar-refractivity contribution >= 4 is 22.5 Å². The zero-order valence-corrected chi connectivity index (χ0v) is 15.8. The average Bonchev–Trinajstić information content (AvgIpc) is 3.04. The van der Waals surface area contributed by atoms with Gasteiger partial charge in [0.15, 0.2) is 0 Å². The van der Waals surface area contributed by atoms with Crippen LogP contribution in [0.5, 0.6) is 0 Å². The zero-order chi connectivity index (χ0) is 18.3. The number of anilines is 1. The first-order chi connectivity index (χ1) is 13.3. The van der Waals surface area contributed by atoms with Crippen LogP contribution in [0.3, 0.4) is 0 Å². The lowest BCUT2D eigenvalue weighted by atomic mass is 9.78. The molecule has 3 aliphatic heterocycles. The van der Waals surface area contributed by atoms with Gasteiger partial charge in [-0.1, -0.05) is 24.3 Å².